The highest BCUT2D eigenvalue weighted by atomic mass is 35.5. The zero-order chi connectivity index (χ0) is 19.9. The summed E-state index contributed by atoms with van der Waals surface area (Å²) in [6.07, 6.45) is 0.543. The summed E-state index contributed by atoms with van der Waals surface area (Å²) in [6.45, 7) is 5.60. The number of nitrogens with one attached hydrogen (secondary N) is 1. The van der Waals surface area contributed by atoms with E-state index in [4.69, 9.17) is 21.1 Å². The van der Waals surface area contributed by atoms with Crippen LogP contribution >= 0.6 is 11.6 Å². The van der Waals surface area contributed by atoms with E-state index in [0.29, 0.717) is 11.3 Å². The second kappa shape index (κ2) is 9.64. The first-order chi connectivity index (χ1) is 13.5. The number of carbonyl (C=O) groups excluding carboxylic acids is 2. The minimum absolute atomic E-state index is 0.172. The molecule has 0 aliphatic carbocycles. The van der Waals surface area contributed by atoms with Crippen molar-refractivity contribution in [1.29, 1.82) is 0 Å². The third kappa shape index (κ3) is 5.51. The van der Waals surface area contributed by atoms with Gasteiger partial charge in [-0.15, -0.1) is 0 Å². The van der Waals surface area contributed by atoms with Crippen molar-refractivity contribution in [2.24, 2.45) is 0 Å². The maximum Gasteiger partial charge on any atom is 0.338 e. The van der Waals surface area contributed by atoms with E-state index in [1.807, 2.05) is 12.1 Å². The van der Waals surface area contributed by atoms with Crippen molar-refractivity contribution in [2.45, 2.75) is 19.6 Å². The van der Waals surface area contributed by atoms with Crippen molar-refractivity contribution in [2.75, 3.05) is 31.6 Å². The van der Waals surface area contributed by atoms with Gasteiger partial charge in [-0.05, 0) is 36.8 Å². The molecule has 1 aliphatic rings. The molecule has 1 aliphatic heterocycles. The number of hydrogen-bond donors (Lipinski definition) is 1. The molecule has 28 heavy (non-hydrogen) atoms. The molecule has 3 rings (SSSR count). The first-order valence-electron chi connectivity index (χ1n) is 9.04. The lowest BCUT2D eigenvalue weighted by atomic mass is 10.1. The zero-order valence-corrected chi connectivity index (χ0v) is 16.3. The van der Waals surface area contributed by atoms with Crippen LogP contribution in [-0.4, -0.2) is 54.2 Å². The standard InChI is InChI=1S/C20H22ClN3O4/c1-14(19(25)23-17-3-2-8-22-18(17)21)28-20(26)16-6-4-15(5-7-16)13-24-9-11-27-12-10-24/h2-8,14H,9-13H2,1H3,(H,23,25)/t14-/m1/s1. The molecule has 0 saturated carbocycles. The van der Waals surface area contributed by atoms with Gasteiger partial charge < -0.3 is 14.8 Å². The zero-order valence-electron chi connectivity index (χ0n) is 15.6. The molecule has 2 aromatic rings. The number of nitrogens with zero attached hydrogens (tertiary/aromatic N) is 2. The lowest BCUT2D eigenvalue weighted by Crippen LogP contribution is -2.35. The van der Waals surface area contributed by atoms with E-state index >= 15 is 0 Å². The summed E-state index contributed by atoms with van der Waals surface area (Å²) in [7, 11) is 0. The fourth-order valence-electron chi connectivity index (χ4n) is 2.76. The summed E-state index contributed by atoms with van der Waals surface area (Å²) in [6, 6.07) is 10.5. The monoisotopic (exact) mass is 403 g/mol. The van der Waals surface area contributed by atoms with E-state index in [1.54, 1.807) is 24.3 Å². The predicted octanol–water partition coefficient (Wildman–Crippen LogP) is 2.75. The van der Waals surface area contributed by atoms with Crippen LogP contribution in [-0.2, 0) is 20.8 Å². The molecular weight excluding hydrogens is 382 g/mol. The fraction of sp³-hybridized carbons (Fsp3) is 0.350. The van der Waals surface area contributed by atoms with Crippen molar-refractivity contribution >= 4 is 29.2 Å². The third-order valence-corrected chi connectivity index (χ3v) is 4.67. The summed E-state index contributed by atoms with van der Waals surface area (Å²) in [5.74, 6) is -1.04. The molecule has 1 fully saturated rings. The van der Waals surface area contributed by atoms with Crippen LogP contribution in [0.2, 0.25) is 5.15 Å². The number of ether oxygens (including phenoxy) is 2. The molecule has 1 amide bonds. The number of aromatic nitrogens is 1. The lowest BCUT2D eigenvalue weighted by molar-refractivity contribution is -0.123. The number of rotatable bonds is 6. The highest BCUT2D eigenvalue weighted by Crippen LogP contribution is 2.18. The highest BCUT2D eigenvalue weighted by Gasteiger charge is 2.20. The fourth-order valence-corrected chi connectivity index (χ4v) is 2.93. The van der Waals surface area contributed by atoms with Gasteiger partial charge in [-0.2, -0.15) is 0 Å². The van der Waals surface area contributed by atoms with Gasteiger partial charge in [0.15, 0.2) is 11.3 Å². The average molecular weight is 404 g/mol. The molecular formula is C20H22ClN3O4. The van der Waals surface area contributed by atoms with Crippen LogP contribution in [0.3, 0.4) is 0 Å². The van der Waals surface area contributed by atoms with Crippen molar-refractivity contribution in [3.8, 4) is 0 Å². The molecule has 1 atom stereocenters. The first kappa shape index (κ1) is 20.3. The molecule has 8 heteroatoms. The Bertz CT molecular complexity index is 822. The summed E-state index contributed by atoms with van der Waals surface area (Å²) < 4.78 is 10.6. The smallest absolute Gasteiger partial charge is 0.338 e. The van der Waals surface area contributed by atoms with Gasteiger partial charge in [0.25, 0.3) is 5.91 Å². The van der Waals surface area contributed by atoms with Gasteiger partial charge in [0, 0.05) is 25.8 Å². The molecule has 0 unspecified atom stereocenters. The van der Waals surface area contributed by atoms with Crippen LogP contribution in [0, 0.1) is 0 Å². The van der Waals surface area contributed by atoms with Gasteiger partial charge in [-0.3, -0.25) is 9.69 Å². The SMILES string of the molecule is C[C@@H](OC(=O)c1ccc(CN2CCOCC2)cc1)C(=O)Nc1cccnc1Cl. The van der Waals surface area contributed by atoms with Crippen molar-refractivity contribution < 1.29 is 19.1 Å². The maximum atomic E-state index is 12.3. The van der Waals surface area contributed by atoms with Crippen molar-refractivity contribution in [1.82, 2.24) is 9.88 Å². The van der Waals surface area contributed by atoms with Gasteiger partial charge in [-0.1, -0.05) is 23.7 Å². The van der Waals surface area contributed by atoms with Gasteiger partial charge >= 0.3 is 5.97 Å². The van der Waals surface area contributed by atoms with Crippen LogP contribution in [0.4, 0.5) is 5.69 Å². The molecule has 7 nitrogen and oxygen atoms in total. The minimum atomic E-state index is -0.975. The summed E-state index contributed by atoms with van der Waals surface area (Å²) in [4.78, 5) is 30.7. The molecule has 1 N–H and O–H groups in total. The number of anilines is 1. The van der Waals surface area contributed by atoms with E-state index < -0.39 is 18.0 Å². The normalized spacial score (nSPS) is 15.6. The third-order valence-electron chi connectivity index (χ3n) is 4.37. The molecule has 0 radical (unpaired) electrons. The second-order valence-corrected chi connectivity index (χ2v) is 6.82. The molecule has 0 spiro atoms. The number of carbonyl (C=O) groups is 2. The number of morpholine rings is 1. The first-order valence-corrected chi connectivity index (χ1v) is 9.42. The van der Waals surface area contributed by atoms with Crippen LogP contribution in [0.15, 0.2) is 42.6 Å². The number of amides is 1. The topological polar surface area (TPSA) is 80.8 Å². The molecule has 148 valence electrons. The van der Waals surface area contributed by atoms with Crippen molar-refractivity contribution in [3.05, 3.63) is 58.9 Å². The Morgan fingerprint density at radius 3 is 2.64 bits per heavy atom. The molecule has 0 bridgehead atoms. The largest absolute Gasteiger partial charge is 0.449 e. The Kier molecular flexibility index (Phi) is 6.97. The molecule has 1 aromatic heterocycles. The highest BCUT2D eigenvalue weighted by molar-refractivity contribution is 6.32. The van der Waals surface area contributed by atoms with Crippen molar-refractivity contribution in [3.63, 3.8) is 0 Å². The van der Waals surface area contributed by atoms with Gasteiger partial charge in [0.1, 0.15) is 0 Å². The predicted molar refractivity (Wildman–Crippen MR) is 105 cm³/mol. The van der Waals surface area contributed by atoms with E-state index in [1.165, 1.54) is 13.1 Å². The summed E-state index contributed by atoms with van der Waals surface area (Å²) in [5.41, 5.74) is 1.87. The van der Waals surface area contributed by atoms with E-state index in [2.05, 4.69) is 15.2 Å². The maximum absolute atomic E-state index is 12.3. The molecule has 1 saturated heterocycles. The van der Waals surface area contributed by atoms with E-state index in [9.17, 15) is 9.59 Å². The van der Waals surface area contributed by atoms with Crippen LogP contribution < -0.4 is 5.32 Å². The quantitative estimate of drug-likeness (QED) is 0.590. The van der Waals surface area contributed by atoms with Crippen LogP contribution in [0.25, 0.3) is 0 Å². The van der Waals surface area contributed by atoms with Gasteiger partial charge in [0.2, 0.25) is 0 Å². The second-order valence-electron chi connectivity index (χ2n) is 6.46. The Balaban J connectivity index is 1.53. The van der Waals surface area contributed by atoms with E-state index in [-0.39, 0.29) is 5.15 Å². The molecule has 1 aromatic carbocycles. The Morgan fingerprint density at radius 1 is 1.25 bits per heavy atom. The Morgan fingerprint density at radius 2 is 1.96 bits per heavy atom. The number of esters is 1. The summed E-state index contributed by atoms with van der Waals surface area (Å²) in [5, 5.41) is 2.77. The number of halogens is 1. The van der Waals surface area contributed by atoms with Gasteiger partial charge in [0.05, 0.1) is 24.5 Å². The lowest BCUT2D eigenvalue weighted by Gasteiger charge is -2.26. The van der Waals surface area contributed by atoms with Crippen LogP contribution in [0.1, 0.15) is 22.8 Å². The Labute approximate surface area is 168 Å². The molecule has 2 heterocycles. The number of pyridine rings is 1. The van der Waals surface area contributed by atoms with E-state index in [0.717, 1.165) is 38.4 Å². The summed E-state index contributed by atoms with van der Waals surface area (Å²) >= 11 is 5.92. The number of benzene rings is 1. The number of hydrogen-bond acceptors (Lipinski definition) is 6. The van der Waals surface area contributed by atoms with Crippen LogP contribution in [0.5, 0.6) is 0 Å². The average Bonchev–Trinajstić information content (AvgIpc) is 2.71. The Hall–Kier alpha value is -2.48. The minimum Gasteiger partial charge on any atom is -0.449 e. The van der Waals surface area contributed by atoms with Gasteiger partial charge in [-0.25, -0.2) is 9.78 Å².